The van der Waals surface area contributed by atoms with E-state index in [2.05, 4.69) is 14.7 Å². The first-order valence-electron chi connectivity index (χ1n) is 3.90. The number of rotatable bonds is 4. The van der Waals surface area contributed by atoms with Crippen LogP contribution in [-0.4, -0.2) is 27.1 Å². The summed E-state index contributed by atoms with van der Waals surface area (Å²) in [4.78, 5) is 4.12. The van der Waals surface area contributed by atoms with Crippen molar-refractivity contribution in [3.63, 3.8) is 0 Å². The number of aryl methyl sites for hydroxylation is 1. The van der Waals surface area contributed by atoms with Gasteiger partial charge >= 0.3 is 0 Å². The van der Waals surface area contributed by atoms with Crippen molar-refractivity contribution in [3.8, 4) is 0 Å². The van der Waals surface area contributed by atoms with Crippen LogP contribution in [-0.2, 0) is 0 Å². The lowest BCUT2D eigenvalue weighted by atomic mass is 10.3. The quantitative estimate of drug-likeness (QED) is 0.739. The Kier molecular flexibility index (Phi) is 3.43. The van der Waals surface area contributed by atoms with Gasteiger partial charge in [0.1, 0.15) is 5.82 Å². The first kappa shape index (κ1) is 9.41. The van der Waals surface area contributed by atoms with E-state index in [-0.39, 0.29) is 6.10 Å². The minimum atomic E-state index is -0.258. The van der Waals surface area contributed by atoms with Crippen LogP contribution in [0.2, 0.25) is 0 Å². The second kappa shape index (κ2) is 4.37. The number of hydrogen-bond donors (Lipinski definition) is 2. The molecule has 68 valence electrons. The highest BCUT2D eigenvalue weighted by Crippen LogP contribution is 2.09. The van der Waals surface area contributed by atoms with Crippen LogP contribution in [0.1, 0.15) is 19.2 Å². The third-order valence-corrected chi connectivity index (χ3v) is 2.13. The van der Waals surface area contributed by atoms with Crippen molar-refractivity contribution in [3.05, 3.63) is 5.82 Å². The zero-order valence-corrected chi connectivity index (χ0v) is 8.06. The van der Waals surface area contributed by atoms with E-state index in [1.807, 2.05) is 6.92 Å². The Morgan fingerprint density at radius 3 is 2.92 bits per heavy atom. The van der Waals surface area contributed by atoms with Crippen molar-refractivity contribution in [1.29, 1.82) is 0 Å². The standard InChI is InChI=1S/C7H13N3OS/c1-5(11)3-4-8-7-9-6(2)10-12-7/h5,11H,3-4H2,1-2H3,(H,8,9,10)/t5-/m0/s1. The van der Waals surface area contributed by atoms with Gasteiger partial charge in [0, 0.05) is 18.1 Å². The van der Waals surface area contributed by atoms with Gasteiger partial charge in [0.2, 0.25) is 5.13 Å². The number of nitrogens with zero attached hydrogens (tertiary/aromatic N) is 2. The molecular formula is C7H13N3OS. The van der Waals surface area contributed by atoms with Gasteiger partial charge < -0.3 is 10.4 Å². The second-order valence-corrected chi connectivity index (χ2v) is 3.46. The van der Waals surface area contributed by atoms with Crippen LogP contribution in [0.4, 0.5) is 5.13 Å². The zero-order chi connectivity index (χ0) is 8.97. The molecule has 0 radical (unpaired) electrons. The third-order valence-electron chi connectivity index (χ3n) is 1.37. The molecule has 1 heterocycles. The Hall–Kier alpha value is -0.680. The van der Waals surface area contributed by atoms with Crippen LogP contribution in [0.25, 0.3) is 0 Å². The molecule has 5 heteroatoms. The van der Waals surface area contributed by atoms with Gasteiger partial charge in [-0.15, -0.1) is 0 Å². The normalized spacial score (nSPS) is 12.9. The molecular weight excluding hydrogens is 174 g/mol. The molecule has 0 spiro atoms. The van der Waals surface area contributed by atoms with Gasteiger partial charge in [-0.25, -0.2) is 4.98 Å². The van der Waals surface area contributed by atoms with Crippen LogP contribution in [0.15, 0.2) is 0 Å². The molecule has 1 aromatic heterocycles. The third kappa shape index (κ3) is 3.15. The van der Waals surface area contributed by atoms with Crippen LogP contribution >= 0.6 is 11.5 Å². The molecule has 1 aromatic rings. The van der Waals surface area contributed by atoms with Gasteiger partial charge in [-0.2, -0.15) is 4.37 Å². The molecule has 0 bridgehead atoms. The van der Waals surface area contributed by atoms with E-state index in [1.54, 1.807) is 6.92 Å². The fraction of sp³-hybridized carbons (Fsp3) is 0.714. The van der Waals surface area contributed by atoms with Crippen LogP contribution in [0.3, 0.4) is 0 Å². The predicted octanol–water partition coefficient (Wildman–Crippen LogP) is 1.03. The van der Waals surface area contributed by atoms with Crippen molar-refractivity contribution in [2.24, 2.45) is 0 Å². The average Bonchev–Trinajstić information content (AvgIpc) is 2.35. The number of aliphatic hydroxyl groups is 1. The minimum Gasteiger partial charge on any atom is -0.393 e. The maximum absolute atomic E-state index is 8.96. The predicted molar refractivity (Wildman–Crippen MR) is 49.4 cm³/mol. The van der Waals surface area contributed by atoms with Crippen molar-refractivity contribution < 1.29 is 5.11 Å². The smallest absolute Gasteiger partial charge is 0.202 e. The lowest BCUT2D eigenvalue weighted by molar-refractivity contribution is 0.189. The van der Waals surface area contributed by atoms with Gasteiger partial charge in [-0.1, -0.05) is 0 Å². The number of hydrogen-bond acceptors (Lipinski definition) is 5. The van der Waals surface area contributed by atoms with Crippen LogP contribution in [0.5, 0.6) is 0 Å². The second-order valence-electron chi connectivity index (χ2n) is 2.71. The number of nitrogens with one attached hydrogen (secondary N) is 1. The Bertz CT molecular complexity index is 236. The Morgan fingerprint density at radius 1 is 1.67 bits per heavy atom. The molecule has 4 nitrogen and oxygen atoms in total. The summed E-state index contributed by atoms with van der Waals surface area (Å²) in [6.45, 7) is 4.37. The van der Waals surface area contributed by atoms with E-state index in [1.165, 1.54) is 11.5 Å². The molecule has 0 aromatic carbocycles. The number of anilines is 1. The van der Waals surface area contributed by atoms with E-state index in [9.17, 15) is 0 Å². The number of aliphatic hydroxyl groups excluding tert-OH is 1. The summed E-state index contributed by atoms with van der Waals surface area (Å²) in [6.07, 6.45) is 0.477. The fourth-order valence-electron chi connectivity index (χ4n) is 0.757. The summed E-state index contributed by atoms with van der Waals surface area (Å²) in [5.74, 6) is 0.791. The largest absolute Gasteiger partial charge is 0.393 e. The van der Waals surface area contributed by atoms with Crippen molar-refractivity contribution >= 4 is 16.7 Å². The van der Waals surface area contributed by atoms with Gasteiger partial charge in [0.05, 0.1) is 6.10 Å². The van der Waals surface area contributed by atoms with Crippen molar-refractivity contribution in [1.82, 2.24) is 9.36 Å². The van der Waals surface area contributed by atoms with Gasteiger partial charge in [-0.3, -0.25) is 0 Å². The van der Waals surface area contributed by atoms with Crippen LogP contribution < -0.4 is 5.32 Å². The summed E-state index contributed by atoms with van der Waals surface area (Å²) >= 11 is 1.35. The summed E-state index contributed by atoms with van der Waals surface area (Å²) in [7, 11) is 0. The molecule has 12 heavy (non-hydrogen) atoms. The van der Waals surface area contributed by atoms with Gasteiger partial charge in [-0.05, 0) is 20.3 Å². The molecule has 1 atom stereocenters. The maximum Gasteiger partial charge on any atom is 0.202 e. The monoisotopic (exact) mass is 187 g/mol. The average molecular weight is 187 g/mol. The molecule has 0 fully saturated rings. The SMILES string of the molecule is Cc1nsc(NCC[C@H](C)O)n1. The van der Waals surface area contributed by atoms with Crippen molar-refractivity contribution in [2.45, 2.75) is 26.4 Å². The Morgan fingerprint density at radius 2 is 2.42 bits per heavy atom. The van der Waals surface area contributed by atoms with E-state index in [0.29, 0.717) is 0 Å². The highest BCUT2D eigenvalue weighted by molar-refractivity contribution is 7.09. The Labute approximate surface area is 75.8 Å². The molecule has 0 amide bonds. The molecule has 0 saturated carbocycles. The lowest BCUT2D eigenvalue weighted by Gasteiger charge is -2.03. The van der Waals surface area contributed by atoms with Crippen LogP contribution in [0, 0.1) is 6.92 Å². The lowest BCUT2D eigenvalue weighted by Crippen LogP contribution is -2.09. The first-order chi connectivity index (χ1) is 5.68. The van der Waals surface area contributed by atoms with E-state index in [0.717, 1.165) is 23.9 Å². The molecule has 0 saturated heterocycles. The van der Waals surface area contributed by atoms with Gasteiger partial charge in [0.25, 0.3) is 0 Å². The summed E-state index contributed by atoms with van der Waals surface area (Å²) in [6, 6.07) is 0. The highest BCUT2D eigenvalue weighted by Gasteiger charge is 1.99. The fourth-order valence-corrected chi connectivity index (χ4v) is 1.36. The van der Waals surface area contributed by atoms with Crippen molar-refractivity contribution in [2.75, 3.05) is 11.9 Å². The van der Waals surface area contributed by atoms with E-state index >= 15 is 0 Å². The topological polar surface area (TPSA) is 58.0 Å². The minimum absolute atomic E-state index is 0.258. The molecule has 0 aliphatic heterocycles. The molecule has 0 aliphatic rings. The zero-order valence-electron chi connectivity index (χ0n) is 7.24. The molecule has 1 rings (SSSR count). The maximum atomic E-state index is 8.96. The van der Waals surface area contributed by atoms with E-state index in [4.69, 9.17) is 5.11 Å². The summed E-state index contributed by atoms with van der Waals surface area (Å²) in [5, 5.41) is 12.9. The molecule has 0 unspecified atom stereocenters. The highest BCUT2D eigenvalue weighted by atomic mass is 32.1. The van der Waals surface area contributed by atoms with E-state index < -0.39 is 0 Å². The Balaban J connectivity index is 2.24. The molecule has 2 N–H and O–H groups in total. The first-order valence-corrected chi connectivity index (χ1v) is 4.68. The summed E-state index contributed by atoms with van der Waals surface area (Å²) in [5.41, 5.74) is 0. The number of aromatic nitrogens is 2. The van der Waals surface area contributed by atoms with Gasteiger partial charge in [0.15, 0.2) is 0 Å². The summed E-state index contributed by atoms with van der Waals surface area (Å²) < 4.78 is 4.02. The molecule has 0 aliphatic carbocycles.